The van der Waals surface area contributed by atoms with Gasteiger partial charge in [0.05, 0.1) is 10.5 Å². The average Bonchev–Trinajstić information content (AvgIpc) is 2.51. The van der Waals surface area contributed by atoms with Crippen LogP contribution >= 0.6 is 11.3 Å². The molecular weight excluding hydrogens is 220 g/mol. The van der Waals surface area contributed by atoms with Crippen molar-refractivity contribution in [1.29, 1.82) is 0 Å². The van der Waals surface area contributed by atoms with Crippen molar-refractivity contribution in [3.63, 3.8) is 0 Å². The first-order valence-corrected chi connectivity index (χ1v) is 6.53. The van der Waals surface area contributed by atoms with Crippen LogP contribution in [-0.4, -0.2) is 18.5 Å². The van der Waals surface area contributed by atoms with Gasteiger partial charge in [-0.25, -0.2) is 0 Å². The van der Waals surface area contributed by atoms with E-state index in [2.05, 4.69) is 6.07 Å². The molecule has 0 aromatic carbocycles. The summed E-state index contributed by atoms with van der Waals surface area (Å²) in [7, 11) is 1.72. The number of aryl methyl sites for hydroxylation is 2. The first kappa shape index (κ1) is 11.8. The lowest BCUT2D eigenvalue weighted by atomic mass is 9.76. The van der Waals surface area contributed by atoms with Gasteiger partial charge in [-0.3, -0.25) is 4.79 Å². The molecule has 1 aromatic rings. The van der Waals surface area contributed by atoms with Crippen molar-refractivity contribution in [2.24, 2.45) is 0 Å². The number of Topliss-reactive ketones (excluding diaryl/α,β-unsaturated/α-hetero) is 1. The number of methoxy groups -OCH3 is 1. The third-order valence-electron chi connectivity index (χ3n) is 3.47. The lowest BCUT2D eigenvalue weighted by Crippen LogP contribution is -2.41. The molecule has 1 aliphatic carbocycles. The second-order valence-electron chi connectivity index (χ2n) is 4.71. The minimum Gasteiger partial charge on any atom is -0.378 e. The van der Waals surface area contributed by atoms with E-state index in [0.29, 0.717) is 6.42 Å². The summed E-state index contributed by atoms with van der Waals surface area (Å²) >= 11 is 1.60. The monoisotopic (exact) mass is 238 g/mol. The zero-order valence-electron chi connectivity index (χ0n) is 10.1. The van der Waals surface area contributed by atoms with Crippen molar-refractivity contribution < 1.29 is 9.53 Å². The molecule has 2 nitrogen and oxygen atoms in total. The zero-order chi connectivity index (χ0) is 11.8. The van der Waals surface area contributed by atoms with E-state index in [4.69, 9.17) is 4.74 Å². The average molecular weight is 238 g/mol. The number of carbonyl (C=O) groups excluding carboxylic acids is 1. The highest BCUT2D eigenvalue weighted by atomic mass is 32.1. The molecule has 0 unspecified atom stereocenters. The first-order valence-electron chi connectivity index (χ1n) is 5.72. The van der Waals surface area contributed by atoms with E-state index >= 15 is 0 Å². The van der Waals surface area contributed by atoms with Gasteiger partial charge < -0.3 is 4.74 Å². The van der Waals surface area contributed by atoms with Crippen LogP contribution in [0.25, 0.3) is 0 Å². The number of hydrogen-bond donors (Lipinski definition) is 0. The molecule has 88 valence electrons. The van der Waals surface area contributed by atoms with Crippen molar-refractivity contribution in [2.75, 3.05) is 7.11 Å². The first-order chi connectivity index (χ1) is 7.56. The standard InChI is InChI=1S/C13H18O2S/c1-9-7-10(2)16-12(9)11(14)8-13(15-3)5-4-6-13/h7H,4-6,8H2,1-3H3. The van der Waals surface area contributed by atoms with Gasteiger partial charge in [-0.15, -0.1) is 11.3 Å². The van der Waals surface area contributed by atoms with Crippen molar-refractivity contribution in [2.45, 2.75) is 45.1 Å². The van der Waals surface area contributed by atoms with Crippen LogP contribution in [0.5, 0.6) is 0 Å². The van der Waals surface area contributed by atoms with Gasteiger partial charge in [-0.05, 0) is 44.7 Å². The van der Waals surface area contributed by atoms with Crippen molar-refractivity contribution in [1.82, 2.24) is 0 Å². The van der Waals surface area contributed by atoms with E-state index in [1.54, 1.807) is 18.4 Å². The van der Waals surface area contributed by atoms with Gasteiger partial charge in [0.25, 0.3) is 0 Å². The molecular formula is C13H18O2S. The van der Waals surface area contributed by atoms with Gasteiger partial charge in [-0.2, -0.15) is 0 Å². The molecule has 2 rings (SSSR count). The summed E-state index contributed by atoms with van der Waals surface area (Å²) in [6.07, 6.45) is 3.78. The van der Waals surface area contributed by atoms with Crippen LogP contribution in [0.3, 0.4) is 0 Å². The van der Waals surface area contributed by atoms with E-state index in [9.17, 15) is 4.79 Å². The summed E-state index contributed by atoms with van der Waals surface area (Å²) in [6, 6.07) is 2.08. The normalized spacial score (nSPS) is 18.2. The molecule has 1 fully saturated rings. The van der Waals surface area contributed by atoms with Crippen molar-refractivity contribution >= 4 is 17.1 Å². The molecule has 0 radical (unpaired) electrons. The third-order valence-corrected chi connectivity index (χ3v) is 4.67. The minimum absolute atomic E-state index is 0.151. The van der Waals surface area contributed by atoms with Gasteiger partial charge in [0.15, 0.2) is 5.78 Å². The summed E-state index contributed by atoms with van der Waals surface area (Å²) in [6.45, 7) is 4.06. The van der Waals surface area contributed by atoms with E-state index in [-0.39, 0.29) is 11.4 Å². The predicted octanol–water partition coefficient (Wildman–Crippen LogP) is 3.51. The summed E-state index contributed by atoms with van der Waals surface area (Å²) in [5, 5.41) is 0. The van der Waals surface area contributed by atoms with E-state index in [1.165, 1.54) is 11.3 Å². The third kappa shape index (κ3) is 2.06. The quantitative estimate of drug-likeness (QED) is 0.750. The molecule has 1 heterocycles. The minimum atomic E-state index is -0.151. The Bertz CT molecular complexity index is 397. The summed E-state index contributed by atoms with van der Waals surface area (Å²) in [5.74, 6) is 0.247. The van der Waals surface area contributed by atoms with Crippen LogP contribution < -0.4 is 0 Å². The molecule has 16 heavy (non-hydrogen) atoms. The summed E-state index contributed by atoms with van der Waals surface area (Å²) in [4.78, 5) is 14.3. The van der Waals surface area contributed by atoms with Crippen LogP contribution in [0.1, 0.15) is 45.8 Å². The largest absolute Gasteiger partial charge is 0.378 e. The fourth-order valence-electron chi connectivity index (χ4n) is 2.32. The predicted molar refractivity (Wildman–Crippen MR) is 66.3 cm³/mol. The topological polar surface area (TPSA) is 26.3 Å². The Morgan fingerprint density at radius 2 is 2.19 bits per heavy atom. The Balaban J connectivity index is 2.11. The van der Waals surface area contributed by atoms with Gasteiger partial charge in [0.1, 0.15) is 0 Å². The van der Waals surface area contributed by atoms with Crippen LogP contribution in [0, 0.1) is 13.8 Å². The van der Waals surface area contributed by atoms with Crippen molar-refractivity contribution in [3.8, 4) is 0 Å². The number of ketones is 1. The smallest absolute Gasteiger partial charge is 0.175 e. The Hall–Kier alpha value is -0.670. The molecule has 0 N–H and O–H groups in total. The Morgan fingerprint density at radius 1 is 1.50 bits per heavy atom. The highest BCUT2D eigenvalue weighted by Gasteiger charge is 2.39. The highest BCUT2D eigenvalue weighted by molar-refractivity contribution is 7.14. The molecule has 0 bridgehead atoms. The fourth-order valence-corrected chi connectivity index (χ4v) is 3.28. The van der Waals surface area contributed by atoms with Crippen LogP contribution in [-0.2, 0) is 4.74 Å². The Labute approximate surface area is 101 Å². The summed E-state index contributed by atoms with van der Waals surface area (Å²) in [5.41, 5.74) is 0.958. The van der Waals surface area contributed by atoms with Crippen LogP contribution in [0.2, 0.25) is 0 Å². The number of hydrogen-bond acceptors (Lipinski definition) is 3. The van der Waals surface area contributed by atoms with Gasteiger partial charge in [-0.1, -0.05) is 0 Å². The number of rotatable bonds is 4. The van der Waals surface area contributed by atoms with Gasteiger partial charge in [0, 0.05) is 18.4 Å². The zero-order valence-corrected chi connectivity index (χ0v) is 10.9. The molecule has 0 aliphatic heterocycles. The second-order valence-corrected chi connectivity index (χ2v) is 5.97. The van der Waals surface area contributed by atoms with E-state index in [0.717, 1.165) is 23.3 Å². The van der Waals surface area contributed by atoms with Crippen LogP contribution in [0.4, 0.5) is 0 Å². The summed E-state index contributed by atoms with van der Waals surface area (Å²) < 4.78 is 5.50. The van der Waals surface area contributed by atoms with E-state index in [1.807, 2.05) is 13.8 Å². The highest BCUT2D eigenvalue weighted by Crippen LogP contribution is 2.39. The molecule has 0 atom stereocenters. The molecule has 0 amide bonds. The maximum absolute atomic E-state index is 12.2. The maximum atomic E-state index is 12.2. The van der Waals surface area contributed by atoms with E-state index < -0.39 is 0 Å². The molecule has 0 spiro atoms. The SMILES string of the molecule is COC1(CC(=O)c2sc(C)cc2C)CCC1. The van der Waals surface area contributed by atoms with Crippen molar-refractivity contribution in [3.05, 3.63) is 21.4 Å². The van der Waals surface area contributed by atoms with Gasteiger partial charge >= 0.3 is 0 Å². The molecule has 1 saturated carbocycles. The fraction of sp³-hybridized carbons (Fsp3) is 0.615. The maximum Gasteiger partial charge on any atom is 0.175 e. The van der Waals surface area contributed by atoms with Gasteiger partial charge in [0.2, 0.25) is 0 Å². The Kier molecular flexibility index (Phi) is 3.17. The second kappa shape index (κ2) is 4.30. The molecule has 3 heteroatoms. The molecule has 1 aromatic heterocycles. The lowest BCUT2D eigenvalue weighted by molar-refractivity contribution is -0.0704. The number of ether oxygens (including phenoxy) is 1. The molecule has 1 aliphatic rings. The lowest BCUT2D eigenvalue weighted by Gasteiger charge is -2.39. The number of carbonyl (C=O) groups is 1. The Morgan fingerprint density at radius 3 is 2.56 bits per heavy atom. The molecule has 0 saturated heterocycles. The number of thiophene rings is 1. The van der Waals surface area contributed by atoms with Crippen LogP contribution in [0.15, 0.2) is 6.07 Å².